The molecule has 0 saturated carbocycles. The summed E-state index contributed by atoms with van der Waals surface area (Å²) in [7, 11) is 3.70. The van der Waals surface area contributed by atoms with Crippen LogP contribution >= 0.6 is 0 Å². The Balaban J connectivity index is 1.91. The number of likely N-dealkylation sites (N-methyl/N-ethyl adjacent to an activating group) is 1. The molecule has 3 aromatic rings. The van der Waals surface area contributed by atoms with Gasteiger partial charge in [-0.25, -0.2) is 13.5 Å². The quantitative estimate of drug-likeness (QED) is 0.391. The Bertz CT molecular complexity index is 1150. The number of halogens is 2. The number of amides is 1. The molecule has 32 heavy (non-hydrogen) atoms. The van der Waals surface area contributed by atoms with E-state index in [4.69, 9.17) is 0 Å². The molecule has 0 spiro atoms. The van der Waals surface area contributed by atoms with Crippen molar-refractivity contribution in [2.24, 2.45) is 0 Å². The monoisotopic (exact) mass is 444 g/mol. The second kappa shape index (κ2) is 9.60. The van der Waals surface area contributed by atoms with Crippen LogP contribution in [0.15, 0.2) is 42.5 Å². The van der Waals surface area contributed by atoms with Crippen molar-refractivity contribution in [1.82, 2.24) is 24.8 Å². The molecule has 0 fully saturated rings. The summed E-state index contributed by atoms with van der Waals surface area (Å²) in [6.07, 6.45) is 0. The van der Waals surface area contributed by atoms with Gasteiger partial charge in [-0.15, -0.1) is 5.10 Å². The van der Waals surface area contributed by atoms with Crippen molar-refractivity contribution in [3.8, 4) is 5.69 Å². The highest BCUT2D eigenvalue weighted by Gasteiger charge is 2.24. The maximum atomic E-state index is 13.7. The third-order valence-corrected chi connectivity index (χ3v) is 4.84. The lowest BCUT2D eigenvalue weighted by molar-refractivity contribution is -0.384. The number of nitro groups is 1. The van der Waals surface area contributed by atoms with Gasteiger partial charge in [-0.3, -0.25) is 14.9 Å². The van der Waals surface area contributed by atoms with Crippen LogP contribution in [-0.2, 0) is 6.54 Å². The largest absolute Gasteiger partial charge is 0.332 e. The first-order valence-electron chi connectivity index (χ1n) is 9.72. The molecule has 168 valence electrons. The van der Waals surface area contributed by atoms with Gasteiger partial charge < -0.3 is 9.80 Å². The first-order valence-corrected chi connectivity index (χ1v) is 9.72. The zero-order valence-corrected chi connectivity index (χ0v) is 17.8. The van der Waals surface area contributed by atoms with Crippen LogP contribution in [0, 0.1) is 28.7 Å². The number of nitro benzene ring substituents is 1. The number of benzene rings is 2. The van der Waals surface area contributed by atoms with Crippen molar-refractivity contribution >= 4 is 11.6 Å². The summed E-state index contributed by atoms with van der Waals surface area (Å²) >= 11 is 0. The Hall–Kier alpha value is -3.73. The Morgan fingerprint density at radius 1 is 1.12 bits per heavy atom. The Labute approximate surface area is 183 Å². The maximum Gasteiger partial charge on any atom is 0.276 e. The zero-order valence-electron chi connectivity index (χ0n) is 17.8. The smallest absolute Gasteiger partial charge is 0.276 e. The molecule has 0 aliphatic heterocycles. The third kappa shape index (κ3) is 5.11. The highest BCUT2D eigenvalue weighted by molar-refractivity contribution is 5.93. The molecule has 1 amide bonds. The predicted molar refractivity (Wildman–Crippen MR) is 112 cm³/mol. The fourth-order valence-corrected chi connectivity index (χ4v) is 3.09. The van der Waals surface area contributed by atoms with Crippen LogP contribution in [0.2, 0.25) is 0 Å². The summed E-state index contributed by atoms with van der Waals surface area (Å²) in [6, 6.07) is 9.31. The molecular weight excluding hydrogens is 422 g/mol. The standard InChI is InChI=1S/C21H22F2N6O3/c1-14-20(24-25-28(14)16-5-4-6-17(12-16)29(31)32)21(30)27(10-9-26(2)3)13-15-7-8-18(22)19(23)11-15/h4-8,11-12H,9-10,13H2,1-3H3. The van der Waals surface area contributed by atoms with Crippen molar-refractivity contribution in [2.45, 2.75) is 13.5 Å². The topological polar surface area (TPSA) is 97.4 Å². The Morgan fingerprint density at radius 2 is 1.88 bits per heavy atom. The minimum atomic E-state index is -0.990. The second-order valence-electron chi connectivity index (χ2n) is 7.49. The van der Waals surface area contributed by atoms with Crippen molar-refractivity contribution < 1.29 is 18.5 Å². The first kappa shape index (κ1) is 22.9. The number of carbonyl (C=O) groups is 1. The second-order valence-corrected chi connectivity index (χ2v) is 7.49. The van der Waals surface area contributed by atoms with E-state index in [0.29, 0.717) is 30.0 Å². The third-order valence-electron chi connectivity index (χ3n) is 4.84. The van der Waals surface area contributed by atoms with Crippen LogP contribution in [0.3, 0.4) is 0 Å². The van der Waals surface area contributed by atoms with Crippen LogP contribution < -0.4 is 0 Å². The maximum absolute atomic E-state index is 13.7. The number of hydrogen-bond acceptors (Lipinski definition) is 6. The van der Waals surface area contributed by atoms with E-state index in [1.807, 2.05) is 19.0 Å². The van der Waals surface area contributed by atoms with Crippen molar-refractivity contribution in [3.05, 3.63) is 81.2 Å². The van der Waals surface area contributed by atoms with E-state index in [9.17, 15) is 23.7 Å². The molecule has 0 atom stereocenters. The molecule has 0 aliphatic carbocycles. The van der Waals surface area contributed by atoms with Gasteiger partial charge in [-0.1, -0.05) is 17.3 Å². The normalized spacial score (nSPS) is 11.1. The van der Waals surface area contributed by atoms with Crippen molar-refractivity contribution in [1.29, 1.82) is 0 Å². The number of carbonyl (C=O) groups excluding carboxylic acids is 1. The minimum Gasteiger partial charge on any atom is -0.332 e. The van der Waals surface area contributed by atoms with Crippen LogP contribution in [0.25, 0.3) is 5.69 Å². The van der Waals surface area contributed by atoms with Gasteiger partial charge in [0.1, 0.15) is 0 Å². The SMILES string of the molecule is Cc1c(C(=O)N(CCN(C)C)Cc2ccc(F)c(F)c2)nnn1-c1cccc([N+](=O)[O-])c1. The van der Waals surface area contributed by atoms with Gasteiger partial charge in [0.15, 0.2) is 17.3 Å². The number of non-ortho nitro benzene ring substituents is 1. The molecule has 0 saturated heterocycles. The fraction of sp³-hybridized carbons (Fsp3) is 0.286. The highest BCUT2D eigenvalue weighted by atomic mass is 19.2. The molecule has 1 heterocycles. The molecule has 3 rings (SSSR count). The van der Waals surface area contributed by atoms with E-state index in [0.717, 1.165) is 12.1 Å². The summed E-state index contributed by atoms with van der Waals surface area (Å²) in [4.78, 5) is 27.2. The molecule has 0 aliphatic rings. The van der Waals surface area contributed by atoms with Gasteiger partial charge in [0.25, 0.3) is 11.6 Å². The summed E-state index contributed by atoms with van der Waals surface area (Å²) in [6.45, 7) is 2.53. The van der Waals surface area contributed by atoms with Gasteiger partial charge in [0.05, 0.1) is 16.3 Å². The van der Waals surface area contributed by atoms with E-state index in [2.05, 4.69) is 10.3 Å². The van der Waals surface area contributed by atoms with E-state index >= 15 is 0 Å². The molecule has 2 aromatic carbocycles. The van der Waals surface area contributed by atoms with E-state index in [1.165, 1.54) is 33.8 Å². The summed E-state index contributed by atoms with van der Waals surface area (Å²) in [5.41, 5.74) is 1.17. The van der Waals surface area contributed by atoms with Crippen molar-refractivity contribution in [3.63, 3.8) is 0 Å². The molecule has 1 aromatic heterocycles. The van der Waals surface area contributed by atoms with Crippen LogP contribution in [0.4, 0.5) is 14.5 Å². The molecular formula is C21H22F2N6O3. The number of nitrogens with zero attached hydrogens (tertiary/aromatic N) is 6. The van der Waals surface area contributed by atoms with Gasteiger partial charge in [0.2, 0.25) is 0 Å². The summed E-state index contributed by atoms with van der Waals surface area (Å²) in [5.74, 6) is -2.39. The number of aromatic nitrogens is 3. The number of hydrogen-bond donors (Lipinski definition) is 0. The molecule has 0 radical (unpaired) electrons. The van der Waals surface area contributed by atoms with Crippen LogP contribution in [0.1, 0.15) is 21.7 Å². The van der Waals surface area contributed by atoms with Crippen molar-refractivity contribution in [2.75, 3.05) is 27.2 Å². The molecule has 0 unspecified atom stereocenters. The Kier molecular flexibility index (Phi) is 6.89. The van der Waals surface area contributed by atoms with Crippen LogP contribution in [0.5, 0.6) is 0 Å². The van der Waals surface area contributed by atoms with E-state index in [1.54, 1.807) is 13.0 Å². The Morgan fingerprint density at radius 3 is 2.53 bits per heavy atom. The minimum absolute atomic E-state index is 0.0486. The fourth-order valence-electron chi connectivity index (χ4n) is 3.09. The van der Waals surface area contributed by atoms with E-state index in [-0.39, 0.29) is 17.9 Å². The average molecular weight is 444 g/mol. The zero-order chi connectivity index (χ0) is 23.4. The van der Waals surface area contributed by atoms with Gasteiger partial charge >= 0.3 is 0 Å². The summed E-state index contributed by atoms with van der Waals surface area (Å²) in [5, 5.41) is 19.0. The molecule has 0 bridgehead atoms. The van der Waals surface area contributed by atoms with Crippen LogP contribution in [-0.4, -0.2) is 62.8 Å². The lowest BCUT2D eigenvalue weighted by Crippen LogP contribution is -2.36. The van der Waals surface area contributed by atoms with E-state index < -0.39 is 22.5 Å². The highest BCUT2D eigenvalue weighted by Crippen LogP contribution is 2.20. The molecule has 0 N–H and O–H groups in total. The number of rotatable bonds is 8. The molecule has 11 heteroatoms. The van der Waals surface area contributed by atoms with Gasteiger partial charge in [-0.05, 0) is 44.8 Å². The first-order chi connectivity index (χ1) is 15.2. The lowest BCUT2D eigenvalue weighted by Gasteiger charge is -2.24. The molecule has 9 nitrogen and oxygen atoms in total. The predicted octanol–water partition coefficient (Wildman–Crippen LogP) is 2.97. The summed E-state index contributed by atoms with van der Waals surface area (Å²) < 4.78 is 28.3. The average Bonchev–Trinajstić information content (AvgIpc) is 3.14. The lowest BCUT2D eigenvalue weighted by atomic mass is 10.2. The van der Waals surface area contributed by atoms with Gasteiger partial charge in [0, 0.05) is 31.8 Å². The van der Waals surface area contributed by atoms with Gasteiger partial charge in [-0.2, -0.15) is 0 Å².